The van der Waals surface area contributed by atoms with Gasteiger partial charge in [-0.25, -0.2) is 18.4 Å². The van der Waals surface area contributed by atoms with Crippen LogP contribution in [0.25, 0.3) is 11.3 Å². The quantitative estimate of drug-likeness (QED) is 0.435. The van der Waals surface area contributed by atoms with Gasteiger partial charge in [0.05, 0.1) is 23.3 Å². The highest BCUT2D eigenvalue weighted by atomic mass is 35.5. The van der Waals surface area contributed by atoms with E-state index in [1.165, 1.54) is 17.5 Å². The molecular formula is C21H19ClN4O3S2. The molecule has 0 radical (unpaired) electrons. The third-order valence-corrected chi connectivity index (χ3v) is 7.70. The molecule has 0 saturated heterocycles. The van der Waals surface area contributed by atoms with E-state index in [2.05, 4.69) is 15.3 Å². The molecule has 1 aliphatic rings. The third-order valence-electron chi connectivity index (χ3n) is 4.84. The van der Waals surface area contributed by atoms with Crippen LogP contribution in [0.15, 0.2) is 64.8 Å². The van der Waals surface area contributed by atoms with Gasteiger partial charge in [-0.2, -0.15) is 0 Å². The Balaban J connectivity index is 1.47. The highest BCUT2D eigenvalue weighted by Crippen LogP contribution is 2.42. The molecule has 0 saturated carbocycles. The number of benzene rings is 2. The third kappa shape index (κ3) is 4.53. The summed E-state index contributed by atoms with van der Waals surface area (Å²) in [5.41, 5.74) is 2.54. The Kier molecular flexibility index (Phi) is 6.17. The molecule has 2 heterocycles. The summed E-state index contributed by atoms with van der Waals surface area (Å²) in [6.07, 6.45) is 2.03. The fourth-order valence-corrected chi connectivity index (χ4v) is 5.34. The number of nitrogens with zero attached hydrogens (tertiary/aromatic N) is 3. The Hall–Kier alpha value is -2.62. The molecule has 0 aliphatic carbocycles. The van der Waals surface area contributed by atoms with Crippen molar-refractivity contribution in [3.63, 3.8) is 0 Å². The maximum Gasteiger partial charge on any atom is 0.267 e. The summed E-state index contributed by atoms with van der Waals surface area (Å²) in [5, 5.41) is 3.67. The van der Waals surface area contributed by atoms with E-state index in [0.29, 0.717) is 28.0 Å². The van der Waals surface area contributed by atoms with Crippen molar-refractivity contribution in [2.45, 2.75) is 16.5 Å². The number of thioether (sulfide) groups is 1. The average molecular weight is 475 g/mol. The molecule has 2 aromatic carbocycles. The minimum absolute atomic E-state index is 0.0152. The standard InChI is InChI=1S/C21H19ClN4O3S2/c1-26-17-8-7-15(22)11-16(17)20-18(31(26,28)29)12-24-21(25-20)30-13-19(27)23-10-9-14-5-3-2-4-6-14/h2-8,11-12H,9-10,13H2,1H3,(H,23,27). The summed E-state index contributed by atoms with van der Waals surface area (Å²) in [5.74, 6) is -0.0131. The molecule has 1 aliphatic heterocycles. The van der Waals surface area contributed by atoms with E-state index in [0.717, 1.165) is 23.7 Å². The molecule has 3 aromatic rings. The lowest BCUT2D eigenvalue weighted by Crippen LogP contribution is -2.31. The first-order valence-corrected chi connectivity index (χ1v) is 12.3. The van der Waals surface area contributed by atoms with Crippen molar-refractivity contribution < 1.29 is 13.2 Å². The summed E-state index contributed by atoms with van der Waals surface area (Å²) >= 11 is 7.28. The van der Waals surface area contributed by atoms with Crippen molar-refractivity contribution in [1.29, 1.82) is 0 Å². The Labute approximate surface area is 189 Å². The van der Waals surface area contributed by atoms with E-state index in [-0.39, 0.29) is 22.2 Å². The fraction of sp³-hybridized carbons (Fsp3) is 0.190. The Morgan fingerprint density at radius 3 is 2.74 bits per heavy atom. The first-order valence-electron chi connectivity index (χ1n) is 9.45. The zero-order chi connectivity index (χ0) is 22.0. The molecule has 0 bridgehead atoms. The topological polar surface area (TPSA) is 92.3 Å². The van der Waals surface area contributed by atoms with Crippen LogP contribution in [0.1, 0.15) is 5.56 Å². The molecule has 7 nitrogen and oxygen atoms in total. The normalized spacial score (nSPS) is 13.9. The number of halogens is 1. The van der Waals surface area contributed by atoms with E-state index >= 15 is 0 Å². The molecule has 160 valence electrons. The highest BCUT2D eigenvalue weighted by molar-refractivity contribution is 7.99. The van der Waals surface area contributed by atoms with E-state index in [4.69, 9.17) is 11.6 Å². The number of hydrogen-bond donors (Lipinski definition) is 1. The van der Waals surface area contributed by atoms with Gasteiger partial charge in [0.25, 0.3) is 10.0 Å². The number of sulfonamides is 1. The second-order valence-electron chi connectivity index (χ2n) is 6.87. The maximum atomic E-state index is 12.8. The predicted octanol–water partition coefficient (Wildman–Crippen LogP) is 3.39. The van der Waals surface area contributed by atoms with Crippen molar-refractivity contribution >= 4 is 45.0 Å². The lowest BCUT2D eigenvalue weighted by Gasteiger charge is -2.28. The largest absolute Gasteiger partial charge is 0.355 e. The SMILES string of the molecule is CN1c2ccc(Cl)cc2-c2nc(SCC(=O)NCCc3ccccc3)ncc2S1(=O)=O. The fourth-order valence-electron chi connectivity index (χ4n) is 3.23. The van der Waals surface area contributed by atoms with Crippen LogP contribution < -0.4 is 9.62 Å². The van der Waals surface area contributed by atoms with E-state index in [1.807, 2.05) is 30.3 Å². The maximum absolute atomic E-state index is 12.8. The summed E-state index contributed by atoms with van der Waals surface area (Å²) in [4.78, 5) is 20.8. The summed E-state index contributed by atoms with van der Waals surface area (Å²) in [6.45, 7) is 0.533. The number of aromatic nitrogens is 2. The highest BCUT2D eigenvalue weighted by Gasteiger charge is 2.34. The van der Waals surface area contributed by atoms with Gasteiger partial charge in [-0.3, -0.25) is 9.10 Å². The number of nitrogens with one attached hydrogen (secondary N) is 1. The van der Waals surface area contributed by atoms with Gasteiger partial charge in [0.2, 0.25) is 5.91 Å². The van der Waals surface area contributed by atoms with Crippen LogP contribution >= 0.6 is 23.4 Å². The second kappa shape index (κ2) is 8.86. The van der Waals surface area contributed by atoms with E-state index in [9.17, 15) is 13.2 Å². The molecule has 31 heavy (non-hydrogen) atoms. The number of rotatable bonds is 6. The van der Waals surface area contributed by atoms with Crippen LogP contribution in [0.3, 0.4) is 0 Å². The lowest BCUT2D eigenvalue weighted by atomic mass is 10.1. The minimum Gasteiger partial charge on any atom is -0.355 e. The Morgan fingerprint density at radius 2 is 1.97 bits per heavy atom. The molecule has 10 heteroatoms. The van der Waals surface area contributed by atoms with Crippen LogP contribution in [0.2, 0.25) is 5.02 Å². The molecule has 1 aromatic heterocycles. The van der Waals surface area contributed by atoms with Crippen LogP contribution in [-0.2, 0) is 21.2 Å². The van der Waals surface area contributed by atoms with Crippen molar-refractivity contribution in [1.82, 2.24) is 15.3 Å². The first-order chi connectivity index (χ1) is 14.9. The number of fused-ring (bicyclic) bond motifs is 3. The minimum atomic E-state index is -3.76. The van der Waals surface area contributed by atoms with Gasteiger partial charge in [0, 0.05) is 24.2 Å². The van der Waals surface area contributed by atoms with Gasteiger partial charge in [0.15, 0.2) is 5.16 Å². The van der Waals surface area contributed by atoms with Crippen LogP contribution in [0, 0.1) is 0 Å². The van der Waals surface area contributed by atoms with Gasteiger partial charge in [-0.1, -0.05) is 53.7 Å². The predicted molar refractivity (Wildman–Crippen MR) is 122 cm³/mol. The summed E-state index contributed by atoms with van der Waals surface area (Å²) in [7, 11) is -2.28. The number of amides is 1. The van der Waals surface area contributed by atoms with Crippen molar-refractivity contribution in [3.8, 4) is 11.3 Å². The van der Waals surface area contributed by atoms with E-state index < -0.39 is 10.0 Å². The molecule has 0 fully saturated rings. The van der Waals surface area contributed by atoms with Gasteiger partial charge in [-0.05, 0) is 30.2 Å². The van der Waals surface area contributed by atoms with Crippen LogP contribution in [0.5, 0.6) is 0 Å². The Morgan fingerprint density at radius 1 is 1.19 bits per heavy atom. The molecular weight excluding hydrogens is 456 g/mol. The van der Waals surface area contributed by atoms with Gasteiger partial charge in [0.1, 0.15) is 4.90 Å². The summed E-state index contributed by atoms with van der Waals surface area (Å²) < 4.78 is 26.8. The molecule has 0 spiro atoms. The summed E-state index contributed by atoms with van der Waals surface area (Å²) in [6, 6.07) is 14.9. The molecule has 0 atom stereocenters. The van der Waals surface area contributed by atoms with Crippen molar-refractivity contribution in [2.24, 2.45) is 0 Å². The molecule has 4 rings (SSSR count). The van der Waals surface area contributed by atoms with Gasteiger partial charge < -0.3 is 5.32 Å². The monoisotopic (exact) mass is 474 g/mol. The first kappa shape index (κ1) is 21.6. The van der Waals surface area contributed by atoms with Gasteiger partial charge in [-0.15, -0.1) is 0 Å². The van der Waals surface area contributed by atoms with E-state index in [1.54, 1.807) is 18.2 Å². The zero-order valence-corrected chi connectivity index (χ0v) is 19.0. The van der Waals surface area contributed by atoms with Crippen molar-refractivity contribution in [3.05, 3.63) is 65.3 Å². The molecule has 0 unspecified atom stereocenters. The number of anilines is 1. The van der Waals surface area contributed by atoms with Gasteiger partial charge >= 0.3 is 0 Å². The Bertz CT molecular complexity index is 1240. The average Bonchev–Trinajstić information content (AvgIpc) is 2.77. The zero-order valence-electron chi connectivity index (χ0n) is 16.6. The van der Waals surface area contributed by atoms with Crippen molar-refractivity contribution in [2.75, 3.05) is 23.7 Å². The lowest BCUT2D eigenvalue weighted by molar-refractivity contribution is -0.118. The number of carbonyl (C=O) groups is 1. The smallest absolute Gasteiger partial charge is 0.267 e. The molecule has 1 amide bonds. The van der Waals surface area contributed by atoms with Crippen LogP contribution in [-0.4, -0.2) is 43.6 Å². The number of carbonyl (C=O) groups excluding carboxylic acids is 1. The number of hydrogen-bond acceptors (Lipinski definition) is 6. The second-order valence-corrected chi connectivity index (χ2v) is 10.2. The molecule has 1 N–H and O–H groups in total. The van der Waals surface area contributed by atoms with Crippen LogP contribution in [0.4, 0.5) is 5.69 Å².